The number of ether oxygens (including phenoxy) is 1. The Morgan fingerprint density at radius 2 is 1.90 bits per heavy atom. The molecule has 0 saturated carbocycles. The lowest BCUT2D eigenvalue weighted by molar-refractivity contribution is 0.214. The van der Waals surface area contributed by atoms with Gasteiger partial charge in [-0.05, 0) is 48.7 Å². The molecule has 2 nitrogen and oxygen atoms in total. The lowest BCUT2D eigenvalue weighted by Gasteiger charge is -2.17. The first kappa shape index (κ1) is 14.8. The average Bonchev–Trinajstić information content (AvgIpc) is 2.37. The van der Waals surface area contributed by atoms with Crippen LogP contribution in [0.15, 0.2) is 30.3 Å². The van der Waals surface area contributed by atoms with Crippen LogP contribution in [0.4, 0.5) is 4.39 Å². The number of hydrogen-bond donors (Lipinski definition) is 1. The minimum Gasteiger partial charge on any atom is -0.495 e. The molecule has 1 unspecified atom stereocenters. The summed E-state index contributed by atoms with van der Waals surface area (Å²) < 4.78 is 19.1. The highest BCUT2D eigenvalue weighted by molar-refractivity contribution is 6.32. The number of aryl methyl sites for hydroxylation is 2. The summed E-state index contributed by atoms with van der Waals surface area (Å²) in [6.45, 7) is 3.59. The highest BCUT2D eigenvalue weighted by Crippen LogP contribution is 2.32. The molecule has 2 rings (SSSR count). The summed E-state index contributed by atoms with van der Waals surface area (Å²) in [5.41, 5.74) is 2.34. The molecule has 0 amide bonds. The second kappa shape index (κ2) is 5.81. The lowest BCUT2D eigenvalue weighted by Crippen LogP contribution is -2.06. The Kier molecular flexibility index (Phi) is 4.31. The van der Waals surface area contributed by atoms with Crippen molar-refractivity contribution >= 4 is 11.6 Å². The molecule has 0 aliphatic rings. The highest BCUT2D eigenvalue weighted by Gasteiger charge is 2.19. The predicted molar refractivity (Wildman–Crippen MR) is 77.9 cm³/mol. The van der Waals surface area contributed by atoms with E-state index in [2.05, 4.69) is 0 Å². The second-order valence-corrected chi connectivity index (χ2v) is 5.18. The fraction of sp³-hybridized carbons (Fsp3) is 0.250. The minimum absolute atomic E-state index is 0.275. The monoisotopic (exact) mass is 294 g/mol. The summed E-state index contributed by atoms with van der Waals surface area (Å²) in [7, 11) is 1.51. The molecule has 0 aromatic heterocycles. The van der Waals surface area contributed by atoms with Crippen molar-refractivity contribution in [1.82, 2.24) is 0 Å². The van der Waals surface area contributed by atoms with Crippen molar-refractivity contribution in [2.75, 3.05) is 7.11 Å². The molecule has 0 spiro atoms. The topological polar surface area (TPSA) is 29.5 Å². The van der Waals surface area contributed by atoms with Gasteiger partial charge in [-0.25, -0.2) is 4.39 Å². The molecule has 0 aliphatic heterocycles. The summed E-state index contributed by atoms with van der Waals surface area (Å²) in [5, 5.41) is 10.8. The Hall–Kier alpha value is -1.58. The van der Waals surface area contributed by atoms with E-state index in [9.17, 15) is 9.50 Å². The van der Waals surface area contributed by atoms with Gasteiger partial charge in [-0.2, -0.15) is 0 Å². The predicted octanol–water partition coefficient (Wildman–Crippen LogP) is 4.19. The van der Waals surface area contributed by atoms with Gasteiger partial charge in [0.25, 0.3) is 0 Å². The van der Waals surface area contributed by atoms with Crippen molar-refractivity contribution in [2.24, 2.45) is 0 Å². The lowest BCUT2D eigenvalue weighted by atomic mass is 9.95. The molecule has 0 heterocycles. The number of hydrogen-bond acceptors (Lipinski definition) is 2. The molecule has 0 radical (unpaired) electrons. The van der Waals surface area contributed by atoms with Crippen molar-refractivity contribution < 1.29 is 14.2 Å². The van der Waals surface area contributed by atoms with Gasteiger partial charge in [-0.15, -0.1) is 0 Å². The zero-order chi connectivity index (χ0) is 14.9. The van der Waals surface area contributed by atoms with E-state index in [1.54, 1.807) is 25.1 Å². The molecule has 2 aromatic carbocycles. The summed E-state index contributed by atoms with van der Waals surface area (Å²) in [6.07, 6.45) is -1.06. The Bertz CT molecular complexity index is 617. The summed E-state index contributed by atoms with van der Waals surface area (Å²) >= 11 is 6.04. The molecule has 1 atom stereocenters. The zero-order valence-electron chi connectivity index (χ0n) is 11.6. The standard InChI is InChI=1S/C16H16ClFO2/c1-9-6-10(2)15(13(18)7-9)16(19)11-4-5-14(20-3)12(17)8-11/h4-8,16,19H,1-3H3. The molecule has 2 aromatic rings. The van der Waals surface area contributed by atoms with Crippen molar-refractivity contribution in [2.45, 2.75) is 20.0 Å². The molecular formula is C16H16ClFO2. The van der Waals surface area contributed by atoms with E-state index in [0.29, 0.717) is 21.9 Å². The smallest absolute Gasteiger partial charge is 0.137 e. The highest BCUT2D eigenvalue weighted by atomic mass is 35.5. The van der Waals surface area contributed by atoms with Crippen molar-refractivity contribution in [1.29, 1.82) is 0 Å². The molecule has 1 N–H and O–H groups in total. The Balaban J connectivity index is 2.46. The van der Waals surface area contributed by atoms with E-state index in [1.165, 1.54) is 13.2 Å². The summed E-state index contributed by atoms with van der Waals surface area (Å²) in [5.74, 6) is 0.102. The number of halogens is 2. The molecule has 106 valence electrons. The zero-order valence-corrected chi connectivity index (χ0v) is 12.3. The molecule has 0 saturated heterocycles. The molecule has 20 heavy (non-hydrogen) atoms. The van der Waals surface area contributed by atoms with Gasteiger partial charge in [0.15, 0.2) is 0 Å². The van der Waals surface area contributed by atoms with Crippen molar-refractivity contribution in [3.05, 3.63) is 63.4 Å². The van der Waals surface area contributed by atoms with Crippen LogP contribution in [0, 0.1) is 19.7 Å². The van der Waals surface area contributed by atoms with Gasteiger partial charge in [0.2, 0.25) is 0 Å². The van der Waals surface area contributed by atoms with Gasteiger partial charge >= 0.3 is 0 Å². The SMILES string of the molecule is COc1ccc(C(O)c2c(C)cc(C)cc2F)cc1Cl. The van der Waals surface area contributed by atoms with E-state index >= 15 is 0 Å². The third-order valence-corrected chi connectivity index (χ3v) is 3.54. The van der Waals surface area contributed by atoms with Crippen LogP contribution in [-0.2, 0) is 0 Å². The first-order chi connectivity index (χ1) is 9.43. The Morgan fingerprint density at radius 1 is 1.20 bits per heavy atom. The van der Waals surface area contributed by atoms with E-state index in [1.807, 2.05) is 13.0 Å². The largest absolute Gasteiger partial charge is 0.495 e. The van der Waals surface area contributed by atoms with Crippen molar-refractivity contribution in [3.8, 4) is 5.75 Å². The van der Waals surface area contributed by atoms with Crippen LogP contribution in [0.25, 0.3) is 0 Å². The third-order valence-electron chi connectivity index (χ3n) is 3.25. The van der Waals surface area contributed by atoms with Crippen LogP contribution in [0.1, 0.15) is 28.4 Å². The first-order valence-corrected chi connectivity index (χ1v) is 6.60. The maximum Gasteiger partial charge on any atom is 0.137 e. The van der Waals surface area contributed by atoms with Crippen molar-refractivity contribution in [3.63, 3.8) is 0 Å². The van der Waals surface area contributed by atoms with Gasteiger partial charge in [-0.1, -0.05) is 23.7 Å². The minimum atomic E-state index is -1.06. The summed E-state index contributed by atoms with van der Waals surface area (Å²) in [6, 6.07) is 8.17. The molecule has 4 heteroatoms. The first-order valence-electron chi connectivity index (χ1n) is 6.22. The van der Waals surface area contributed by atoms with Gasteiger partial charge in [-0.3, -0.25) is 0 Å². The molecular weight excluding hydrogens is 279 g/mol. The van der Waals surface area contributed by atoms with E-state index in [0.717, 1.165) is 5.56 Å². The normalized spacial score (nSPS) is 12.3. The number of aliphatic hydroxyl groups is 1. The van der Waals surface area contributed by atoms with Crippen LogP contribution < -0.4 is 4.74 Å². The van der Waals surface area contributed by atoms with Crippen LogP contribution in [0.5, 0.6) is 5.75 Å². The summed E-state index contributed by atoms with van der Waals surface area (Å²) in [4.78, 5) is 0. The number of aliphatic hydroxyl groups excluding tert-OH is 1. The maximum atomic E-state index is 14.1. The van der Waals surface area contributed by atoms with Crippen LogP contribution >= 0.6 is 11.6 Å². The van der Waals surface area contributed by atoms with Crippen LogP contribution in [0.2, 0.25) is 5.02 Å². The fourth-order valence-corrected chi connectivity index (χ4v) is 2.56. The van der Waals surface area contributed by atoms with Gasteiger partial charge in [0, 0.05) is 5.56 Å². The van der Waals surface area contributed by atoms with Gasteiger partial charge < -0.3 is 9.84 Å². The van der Waals surface area contributed by atoms with Gasteiger partial charge in [0.05, 0.1) is 12.1 Å². The Morgan fingerprint density at radius 3 is 2.45 bits per heavy atom. The number of benzene rings is 2. The van der Waals surface area contributed by atoms with Crippen LogP contribution in [0.3, 0.4) is 0 Å². The number of methoxy groups -OCH3 is 1. The van der Waals surface area contributed by atoms with E-state index < -0.39 is 11.9 Å². The third kappa shape index (κ3) is 2.79. The second-order valence-electron chi connectivity index (χ2n) is 4.77. The average molecular weight is 295 g/mol. The molecule has 0 aliphatic carbocycles. The quantitative estimate of drug-likeness (QED) is 0.920. The Labute approximate surface area is 122 Å². The number of rotatable bonds is 3. The maximum absolute atomic E-state index is 14.1. The van der Waals surface area contributed by atoms with E-state index in [-0.39, 0.29) is 5.56 Å². The van der Waals surface area contributed by atoms with E-state index in [4.69, 9.17) is 16.3 Å². The molecule has 0 bridgehead atoms. The molecule has 0 fully saturated rings. The fourth-order valence-electron chi connectivity index (χ4n) is 2.29. The van der Waals surface area contributed by atoms with Gasteiger partial charge in [0.1, 0.15) is 17.7 Å². The van der Waals surface area contributed by atoms with Crippen LogP contribution in [-0.4, -0.2) is 12.2 Å².